The lowest BCUT2D eigenvalue weighted by atomic mass is 10.1. The maximum absolute atomic E-state index is 13.0. The summed E-state index contributed by atoms with van der Waals surface area (Å²) in [5, 5.41) is 3.26. The Morgan fingerprint density at radius 3 is 2.30 bits per heavy atom. The number of ether oxygens (including phenoxy) is 2. The SMILES string of the molecule is COc1ccc(OC)c(NS(=O)(=O)c2ccc(NC(=O)c3ccc([C@@H]4SCC(=O)N4Cc4ccc(Cl)cc4)cc3)cc2)c1. The lowest BCUT2D eigenvalue weighted by Gasteiger charge is -2.24. The second-order valence-electron chi connectivity index (χ2n) is 9.58. The van der Waals surface area contributed by atoms with Crippen LogP contribution < -0.4 is 19.5 Å². The minimum Gasteiger partial charge on any atom is -0.497 e. The van der Waals surface area contributed by atoms with Gasteiger partial charge in [0.15, 0.2) is 0 Å². The lowest BCUT2D eigenvalue weighted by molar-refractivity contribution is -0.128. The maximum Gasteiger partial charge on any atom is 0.262 e. The van der Waals surface area contributed by atoms with E-state index >= 15 is 0 Å². The van der Waals surface area contributed by atoms with E-state index in [0.717, 1.165) is 11.1 Å². The number of thioether (sulfide) groups is 1. The molecule has 1 aliphatic rings. The van der Waals surface area contributed by atoms with E-state index in [2.05, 4.69) is 10.0 Å². The number of rotatable bonds is 10. The number of nitrogens with zero attached hydrogens (tertiary/aromatic N) is 1. The zero-order valence-corrected chi connectivity index (χ0v) is 25.6. The molecule has 1 heterocycles. The Morgan fingerprint density at radius 1 is 0.953 bits per heavy atom. The predicted octanol–water partition coefficient (Wildman–Crippen LogP) is 6.18. The van der Waals surface area contributed by atoms with Gasteiger partial charge in [0.2, 0.25) is 5.91 Å². The van der Waals surface area contributed by atoms with Gasteiger partial charge in [-0.3, -0.25) is 14.3 Å². The van der Waals surface area contributed by atoms with Crippen molar-refractivity contribution in [2.45, 2.75) is 16.8 Å². The van der Waals surface area contributed by atoms with E-state index in [1.165, 1.54) is 44.6 Å². The summed E-state index contributed by atoms with van der Waals surface area (Å²) in [7, 11) is -1.02. The first-order valence-electron chi connectivity index (χ1n) is 13.1. The van der Waals surface area contributed by atoms with Gasteiger partial charge in [0.25, 0.3) is 15.9 Å². The molecule has 1 atom stereocenters. The summed E-state index contributed by atoms with van der Waals surface area (Å²) in [6.07, 6.45) is 0. The molecule has 4 aromatic rings. The highest BCUT2D eigenvalue weighted by Crippen LogP contribution is 2.39. The minimum atomic E-state index is -3.95. The second-order valence-corrected chi connectivity index (χ2v) is 12.8. The van der Waals surface area contributed by atoms with E-state index in [0.29, 0.717) is 40.1 Å². The molecule has 2 N–H and O–H groups in total. The van der Waals surface area contributed by atoms with Gasteiger partial charge in [-0.1, -0.05) is 35.9 Å². The summed E-state index contributed by atoms with van der Waals surface area (Å²) in [5.41, 5.74) is 2.98. The Bertz CT molecular complexity index is 1730. The summed E-state index contributed by atoms with van der Waals surface area (Å²) < 4.78 is 38.9. The average molecular weight is 638 g/mol. The molecule has 0 bridgehead atoms. The molecular formula is C31H28ClN3O6S2. The van der Waals surface area contributed by atoms with Crippen molar-refractivity contribution in [3.8, 4) is 11.5 Å². The van der Waals surface area contributed by atoms with Crippen molar-refractivity contribution < 1.29 is 27.5 Å². The molecule has 0 radical (unpaired) electrons. The molecule has 9 nitrogen and oxygen atoms in total. The highest BCUT2D eigenvalue weighted by atomic mass is 35.5. The van der Waals surface area contributed by atoms with Gasteiger partial charge in [-0.2, -0.15) is 0 Å². The molecule has 1 fully saturated rings. The standard InChI is InChI=1S/C31H28ClN3O6S2/c1-40-25-13-16-28(41-2)27(17-25)34-43(38,39)26-14-11-24(12-15-26)33-30(37)21-5-7-22(8-6-21)31-35(29(36)19-42-31)18-20-3-9-23(32)10-4-20/h3-17,31,34H,18-19H2,1-2H3,(H,33,37)/t31-/m0/s1. The number of amides is 2. The molecule has 43 heavy (non-hydrogen) atoms. The second kappa shape index (κ2) is 13.0. The van der Waals surface area contributed by atoms with Gasteiger partial charge in [-0.25, -0.2) is 8.42 Å². The van der Waals surface area contributed by atoms with Crippen LogP contribution in [-0.2, 0) is 21.4 Å². The zero-order chi connectivity index (χ0) is 30.6. The summed E-state index contributed by atoms with van der Waals surface area (Å²) in [4.78, 5) is 27.4. The molecule has 222 valence electrons. The number of carbonyl (C=O) groups excluding carboxylic acids is 2. The molecular weight excluding hydrogens is 610 g/mol. The summed E-state index contributed by atoms with van der Waals surface area (Å²) in [5.74, 6) is 0.890. The van der Waals surface area contributed by atoms with E-state index in [1.54, 1.807) is 48.2 Å². The molecule has 0 unspecified atom stereocenters. The van der Waals surface area contributed by atoms with E-state index < -0.39 is 10.0 Å². The fourth-order valence-electron chi connectivity index (χ4n) is 4.50. The van der Waals surface area contributed by atoms with E-state index in [9.17, 15) is 18.0 Å². The molecule has 1 saturated heterocycles. The van der Waals surface area contributed by atoms with Gasteiger partial charge in [0.05, 0.1) is 30.6 Å². The molecule has 0 saturated carbocycles. The third-order valence-corrected chi connectivity index (χ3v) is 9.66. The van der Waals surface area contributed by atoms with Crippen LogP contribution in [0.15, 0.2) is 95.9 Å². The van der Waals surface area contributed by atoms with Crippen molar-refractivity contribution >= 4 is 56.6 Å². The van der Waals surface area contributed by atoms with Crippen LogP contribution in [-0.4, -0.2) is 45.1 Å². The summed E-state index contributed by atoms with van der Waals surface area (Å²) in [6.45, 7) is 0.463. The topological polar surface area (TPSA) is 114 Å². The van der Waals surface area contributed by atoms with Crippen molar-refractivity contribution in [2.75, 3.05) is 30.0 Å². The highest BCUT2D eigenvalue weighted by Gasteiger charge is 2.32. The highest BCUT2D eigenvalue weighted by molar-refractivity contribution is 8.00. The molecule has 0 spiro atoms. The van der Waals surface area contributed by atoms with Gasteiger partial charge in [0, 0.05) is 28.9 Å². The van der Waals surface area contributed by atoms with Crippen LogP contribution in [0, 0.1) is 0 Å². The monoisotopic (exact) mass is 637 g/mol. The van der Waals surface area contributed by atoms with Gasteiger partial charge in [-0.15, -0.1) is 11.8 Å². The molecule has 1 aliphatic heterocycles. The fourth-order valence-corrected chi connectivity index (χ4v) is 6.88. The van der Waals surface area contributed by atoms with Crippen LogP contribution in [0.1, 0.15) is 26.9 Å². The Hall–Kier alpha value is -4.19. The van der Waals surface area contributed by atoms with E-state index in [4.69, 9.17) is 21.1 Å². The number of hydrogen-bond donors (Lipinski definition) is 2. The van der Waals surface area contributed by atoms with E-state index in [1.807, 2.05) is 29.2 Å². The van der Waals surface area contributed by atoms with Crippen molar-refractivity contribution in [1.82, 2.24) is 4.90 Å². The quantitative estimate of drug-likeness (QED) is 0.213. The first kappa shape index (κ1) is 30.3. The minimum absolute atomic E-state index is 0.00601. The first-order valence-corrected chi connectivity index (χ1v) is 16.0. The Balaban J connectivity index is 1.23. The number of carbonyl (C=O) groups is 2. The van der Waals surface area contributed by atoms with Gasteiger partial charge >= 0.3 is 0 Å². The number of anilines is 2. The summed E-state index contributed by atoms with van der Waals surface area (Å²) >= 11 is 7.53. The smallest absolute Gasteiger partial charge is 0.262 e. The maximum atomic E-state index is 13.0. The number of hydrogen-bond acceptors (Lipinski definition) is 7. The van der Waals surface area contributed by atoms with Crippen molar-refractivity contribution in [3.63, 3.8) is 0 Å². The zero-order valence-electron chi connectivity index (χ0n) is 23.2. The number of halogens is 1. The fraction of sp³-hybridized carbons (Fsp3) is 0.161. The molecule has 4 aromatic carbocycles. The Labute approximate surface area is 259 Å². The van der Waals surface area contributed by atoms with Gasteiger partial charge in [0.1, 0.15) is 16.9 Å². The number of benzene rings is 4. The Morgan fingerprint density at radius 2 is 1.65 bits per heavy atom. The van der Waals surface area contributed by atoms with Crippen LogP contribution in [0.2, 0.25) is 5.02 Å². The number of nitrogens with one attached hydrogen (secondary N) is 2. The third kappa shape index (κ3) is 7.07. The first-order chi connectivity index (χ1) is 20.7. The van der Waals surface area contributed by atoms with Crippen molar-refractivity contribution in [1.29, 1.82) is 0 Å². The number of sulfonamides is 1. The average Bonchev–Trinajstić information content (AvgIpc) is 3.37. The number of methoxy groups -OCH3 is 2. The molecule has 0 aromatic heterocycles. The van der Waals surface area contributed by atoms with Crippen molar-refractivity contribution in [3.05, 3.63) is 113 Å². The molecule has 5 rings (SSSR count). The van der Waals surface area contributed by atoms with Gasteiger partial charge < -0.3 is 19.7 Å². The van der Waals surface area contributed by atoms with Crippen LogP contribution in [0.4, 0.5) is 11.4 Å². The summed E-state index contributed by atoms with van der Waals surface area (Å²) in [6, 6.07) is 25.1. The molecule has 0 aliphatic carbocycles. The largest absolute Gasteiger partial charge is 0.497 e. The lowest BCUT2D eigenvalue weighted by Crippen LogP contribution is -2.27. The van der Waals surface area contributed by atoms with Gasteiger partial charge in [-0.05, 0) is 71.8 Å². The molecule has 12 heteroatoms. The normalized spacial score (nSPS) is 14.8. The van der Waals surface area contributed by atoms with Crippen LogP contribution in [0.3, 0.4) is 0 Å². The molecule has 2 amide bonds. The van der Waals surface area contributed by atoms with E-state index in [-0.39, 0.29) is 27.8 Å². The van der Waals surface area contributed by atoms with Crippen LogP contribution in [0.25, 0.3) is 0 Å². The van der Waals surface area contributed by atoms with Crippen LogP contribution >= 0.6 is 23.4 Å². The predicted molar refractivity (Wildman–Crippen MR) is 168 cm³/mol. The van der Waals surface area contributed by atoms with Crippen LogP contribution in [0.5, 0.6) is 11.5 Å². The Kier molecular flexibility index (Phi) is 9.14. The third-order valence-electron chi connectivity index (χ3n) is 6.77. The van der Waals surface area contributed by atoms with Crippen molar-refractivity contribution in [2.24, 2.45) is 0 Å².